The van der Waals surface area contributed by atoms with Crippen LogP contribution in [0.4, 0.5) is 83.6 Å². The van der Waals surface area contributed by atoms with Crippen LogP contribution in [0.15, 0.2) is 0 Å². The Morgan fingerprint density at radius 1 is 0.484 bits per heavy atom. The first-order chi connectivity index (χ1) is 13.1. The fraction of sp³-hybridized carbons (Fsp3) is 1.00. The summed E-state index contributed by atoms with van der Waals surface area (Å²) in [6.45, 7) is 1.93. The number of halogens is 19. The number of nitrogens with zero attached hydrogens (tertiary/aromatic N) is 1. The molecule has 0 fully saturated rings. The van der Waals surface area contributed by atoms with E-state index < -0.39 is 53.1 Å². The molecule has 0 bridgehead atoms. The van der Waals surface area contributed by atoms with Crippen LogP contribution in [0.25, 0.3) is 0 Å². The van der Waals surface area contributed by atoms with Crippen LogP contribution in [0.1, 0.15) is 6.92 Å². The summed E-state index contributed by atoms with van der Waals surface area (Å²) < 4.78 is 236. The Balaban J connectivity index is 0. The summed E-state index contributed by atoms with van der Waals surface area (Å²) in [5.41, 5.74) is 0. The first-order valence-electron chi connectivity index (χ1n) is 6.55. The molecule has 0 aliphatic carbocycles. The number of aliphatic hydroxyl groups excluding tert-OH is 1. The second-order valence-corrected chi connectivity index (χ2v) is 5.03. The van der Waals surface area contributed by atoms with E-state index >= 15 is 0 Å². The van der Waals surface area contributed by atoms with Gasteiger partial charge in [0.25, 0.3) is 0 Å². The van der Waals surface area contributed by atoms with Crippen molar-refractivity contribution in [2.45, 2.75) is 54.7 Å². The molecule has 0 saturated carbocycles. The molecule has 0 aliphatic heterocycles. The Labute approximate surface area is 157 Å². The lowest BCUT2D eigenvalue weighted by Gasteiger charge is -2.42. The Bertz CT molecular complexity index is 593. The predicted octanol–water partition coefficient (Wildman–Crippen LogP) is 6.02. The number of alkyl halides is 17. The van der Waals surface area contributed by atoms with Crippen molar-refractivity contribution in [2.75, 3.05) is 6.61 Å². The van der Waals surface area contributed by atoms with Gasteiger partial charge in [0.15, 0.2) is 0 Å². The second kappa shape index (κ2) is 8.50. The van der Waals surface area contributed by atoms with E-state index in [1.54, 1.807) is 6.92 Å². The topological polar surface area (TPSA) is 23.5 Å². The van der Waals surface area contributed by atoms with Gasteiger partial charge in [-0.15, -0.1) is 0 Å². The molecule has 0 rings (SSSR count). The molecular formula is C10H6F19NO. The summed E-state index contributed by atoms with van der Waals surface area (Å²) >= 11 is 0. The summed E-state index contributed by atoms with van der Waals surface area (Å²) in [6.07, 6.45) is -7.87. The highest BCUT2D eigenvalue weighted by molar-refractivity contribution is 5.14. The minimum absolute atomic E-state index is 0.250. The molecule has 0 unspecified atom stereocenters. The molecular weight excluding hydrogens is 511 g/mol. The number of hydrogen-bond acceptors (Lipinski definition) is 2. The third kappa shape index (κ3) is 4.42. The van der Waals surface area contributed by atoms with E-state index in [0.717, 1.165) is 0 Å². The van der Waals surface area contributed by atoms with Gasteiger partial charge in [-0.3, -0.25) is 0 Å². The van der Waals surface area contributed by atoms with Gasteiger partial charge in [-0.05, 0) is 6.92 Å². The molecule has 0 atom stereocenters. The molecule has 0 heterocycles. The first kappa shape index (κ1) is 31.8. The summed E-state index contributed by atoms with van der Waals surface area (Å²) in [5.74, 6) is -51.8. The molecule has 2 nitrogen and oxygen atoms in total. The van der Waals surface area contributed by atoms with E-state index in [9.17, 15) is 83.6 Å². The van der Waals surface area contributed by atoms with E-state index in [-0.39, 0.29) is 6.61 Å². The fourth-order valence-corrected chi connectivity index (χ4v) is 1.26. The highest BCUT2D eigenvalue weighted by atomic mass is 19.4. The van der Waals surface area contributed by atoms with Gasteiger partial charge in [-0.2, -0.15) is 74.6 Å². The van der Waals surface area contributed by atoms with Gasteiger partial charge in [0.1, 0.15) is 0 Å². The monoisotopic (exact) mass is 517 g/mol. The second-order valence-electron chi connectivity index (χ2n) is 5.03. The Morgan fingerprint density at radius 2 is 0.677 bits per heavy atom. The molecule has 0 aromatic heterocycles. The molecule has 0 spiro atoms. The van der Waals surface area contributed by atoms with Gasteiger partial charge in [-0.1, -0.05) is 8.96 Å². The molecule has 0 aromatic carbocycles. The van der Waals surface area contributed by atoms with Gasteiger partial charge in [0.2, 0.25) is 0 Å². The quantitative estimate of drug-likeness (QED) is 0.254. The maximum Gasteiger partial charge on any atom is 0.460 e. The third-order valence-electron chi connectivity index (χ3n) is 2.92. The number of aliphatic hydroxyl groups is 1. The van der Waals surface area contributed by atoms with E-state index in [1.807, 2.05) is 0 Å². The SMILES string of the molecule is CCO.FN(F)C(F)(F)C(F)(F)C(F)(F)C(F)(F)C(F)(F)C(F)(F)C(F)(F)C(F)(F)F. The maximum absolute atomic E-state index is 12.9. The van der Waals surface area contributed by atoms with Crippen LogP contribution in [0, 0.1) is 0 Å². The third-order valence-corrected chi connectivity index (χ3v) is 2.92. The zero-order chi connectivity index (χ0) is 26.3. The lowest BCUT2D eigenvalue weighted by Crippen LogP contribution is -2.75. The predicted molar refractivity (Wildman–Crippen MR) is 57.5 cm³/mol. The van der Waals surface area contributed by atoms with Gasteiger partial charge in [-0.25, -0.2) is 0 Å². The average Bonchev–Trinajstić information content (AvgIpc) is 2.53. The van der Waals surface area contributed by atoms with E-state index in [1.165, 1.54) is 0 Å². The van der Waals surface area contributed by atoms with E-state index in [4.69, 9.17) is 5.11 Å². The van der Waals surface area contributed by atoms with Crippen LogP contribution in [0.2, 0.25) is 0 Å². The van der Waals surface area contributed by atoms with Crippen molar-refractivity contribution in [3.8, 4) is 0 Å². The molecule has 0 saturated heterocycles. The van der Waals surface area contributed by atoms with Crippen molar-refractivity contribution >= 4 is 0 Å². The summed E-state index contributed by atoms with van der Waals surface area (Å²) in [6, 6.07) is -7.81. The maximum atomic E-state index is 12.9. The van der Waals surface area contributed by atoms with Crippen molar-refractivity contribution in [1.82, 2.24) is 5.34 Å². The lowest BCUT2D eigenvalue weighted by atomic mass is 9.90. The average molecular weight is 517 g/mol. The van der Waals surface area contributed by atoms with Crippen LogP contribution in [-0.4, -0.2) is 64.8 Å². The van der Waals surface area contributed by atoms with Crippen LogP contribution in [-0.2, 0) is 0 Å². The normalized spacial score (nSPS) is 15.7. The van der Waals surface area contributed by atoms with Crippen LogP contribution < -0.4 is 0 Å². The zero-order valence-electron chi connectivity index (χ0n) is 13.8. The Hall–Kier alpha value is -1.41. The summed E-state index contributed by atoms with van der Waals surface area (Å²) in [4.78, 5) is 0. The van der Waals surface area contributed by atoms with Gasteiger partial charge in [0.05, 0.1) is 5.34 Å². The zero-order valence-corrected chi connectivity index (χ0v) is 13.8. The molecule has 21 heteroatoms. The summed E-state index contributed by atoms with van der Waals surface area (Å²) in [7, 11) is 0. The molecule has 190 valence electrons. The largest absolute Gasteiger partial charge is 0.460 e. The highest BCUT2D eigenvalue weighted by Gasteiger charge is 2.96. The van der Waals surface area contributed by atoms with Gasteiger partial charge in [0, 0.05) is 6.61 Å². The van der Waals surface area contributed by atoms with Crippen molar-refractivity contribution in [3.05, 3.63) is 0 Å². The molecule has 1 N–H and O–H groups in total. The molecule has 0 amide bonds. The first-order valence-corrected chi connectivity index (χ1v) is 6.55. The van der Waals surface area contributed by atoms with Crippen LogP contribution in [0.3, 0.4) is 0 Å². The van der Waals surface area contributed by atoms with E-state index in [0.29, 0.717) is 0 Å². The number of rotatable bonds is 7. The highest BCUT2D eigenvalue weighted by Crippen LogP contribution is 2.64. The minimum atomic E-state index is -8.86. The lowest BCUT2D eigenvalue weighted by molar-refractivity contribution is -0.485. The van der Waals surface area contributed by atoms with Crippen molar-refractivity contribution in [3.63, 3.8) is 0 Å². The van der Waals surface area contributed by atoms with Crippen molar-refractivity contribution in [2.24, 2.45) is 0 Å². The number of hydrogen-bond donors (Lipinski definition) is 1. The molecule has 0 aliphatic rings. The van der Waals surface area contributed by atoms with Crippen molar-refractivity contribution in [1.29, 1.82) is 0 Å². The Kier molecular flexibility index (Phi) is 8.72. The smallest absolute Gasteiger partial charge is 0.397 e. The Morgan fingerprint density at radius 3 is 0.871 bits per heavy atom. The van der Waals surface area contributed by atoms with Gasteiger partial charge >= 0.3 is 47.8 Å². The fourth-order valence-electron chi connectivity index (χ4n) is 1.26. The molecule has 0 aromatic rings. The van der Waals surface area contributed by atoms with Gasteiger partial charge < -0.3 is 5.11 Å². The summed E-state index contributed by atoms with van der Waals surface area (Å²) in [5, 5.41) is 3.32. The van der Waals surface area contributed by atoms with E-state index in [2.05, 4.69) is 0 Å². The molecule has 31 heavy (non-hydrogen) atoms. The standard InChI is InChI=1S/C8F19N.C2H6O/c9-1(10,3(13,14)5(17,18)7(21,22)23)2(11,12)4(15,16)6(19,20)8(24,25)28(26)27;1-2-3/h;3H,2H2,1H3. The minimum Gasteiger partial charge on any atom is -0.397 e. The van der Waals surface area contributed by atoms with Crippen LogP contribution in [0.5, 0.6) is 0 Å². The van der Waals surface area contributed by atoms with Crippen LogP contribution >= 0.6 is 0 Å². The molecule has 0 radical (unpaired) electrons. The van der Waals surface area contributed by atoms with Crippen molar-refractivity contribution < 1.29 is 88.7 Å².